The predicted octanol–water partition coefficient (Wildman–Crippen LogP) is 1.30. The topological polar surface area (TPSA) is 92.4 Å². The average Bonchev–Trinajstić information content (AvgIpc) is 2.89. The van der Waals surface area contributed by atoms with E-state index in [1.807, 2.05) is 0 Å². The standard InChI is InChI=1S/C12H10N2O4/c15-11(14-7-10-2-1-3-18-10)8-4-9(12(16)17)6-13-5-8/h1-6H,7H2,(H,14,15)(H,16,17). The molecule has 1 amide bonds. The summed E-state index contributed by atoms with van der Waals surface area (Å²) in [5, 5.41) is 11.4. The van der Waals surface area contributed by atoms with Gasteiger partial charge in [0, 0.05) is 12.4 Å². The van der Waals surface area contributed by atoms with Gasteiger partial charge in [0.05, 0.1) is 23.9 Å². The predicted molar refractivity (Wildman–Crippen MR) is 61.1 cm³/mol. The molecule has 2 heterocycles. The van der Waals surface area contributed by atoms with Crippen LogP contribution in [0, 0.1) is 0 Å². The van der Waals surface area contributed by atoms with Crippen LogP contribution in [0.15, 0.2) is 41.3 Å². The molecule has 92 valence electrons. The Kier molecular flexibility index (Phi) is 3.38. The fourth-order valence-corrected chi connectivity index (χ4v) is 1.36. The number of hydrogen-bond acceptors (Lipinski definition) is 4. The number of carboxylic acid groups (broad SMARTS) is 1. The third-order valence-corrected chi connectivity index (χ3v) is 2.25. The molecule has 0 aliphatic carbocycles. The van der Waals surface area contributed by atoms with Crippen LogP contribution in [0.25, 0.3) is 0 Å². The summed E-state index contributed by atoms with van der Waals surface area (Å²) < 4.78 is 5.06. The summed E-state index contributed by atoms with van der Waals surface area (Å²) in [6.07, 6.45) is 4.00. The summed E-state index contributed by atoms with van der Waals surface area (Å²) in [4.78, 5) is 26.2. The van der Waals surface area contributed by atoms with Gasteiger partial charge in [-0.3, -0.25) is 9.78 Å². The lowest BCUT2D eigenvalue weighted by Gasteiger charge is -2.03. The fourth-order valence-electron chi connectivity index (χ4n) is 1.36. The lowest BCUT2D eigenvalue weighted by molar-refractivity contribution is 0.0696. The van der Waals surface area contributed by atoms with Crippen molar-refractivity contribution in [3.8, 4) is 0 Å². The third kappa shape index (κ3) is 2.73. The summed E-state index contributed by atoms with van der Waals surface area (Å²) >= 11 is 0. The molecule has 2 aromatic rings. The highest BCUT2D eigenvalue weighted by atomic mass is 16.4. The average molecular weight is 246 g/mol. The summed E-state index contributed by atoms with van der Waals surface area (Å²) in [5.74, 6) is -0.907. The van der Waals surface area contributed by atoms with Gasteiger partial charge >= 0.3 is 5.97 Å². The van der Waals surface area contributed by atoms with Crippen LogP contribution in [0.1, 0.15) is 26.5 Å². The first-order valence-electron chi connectivity index (χ1n) is 5.16. The van der Waals surface area contributed by atoms with Crippen molar-refractivity contribution in [2.45, 2.75) is 6.54 Å². The maximum Gasteiger partial charge on any atom is 0.337 e. The summed E-state index contributed by atoms with van der Waals surface area (Å²) in [6, 6.07) is 4.72. The molecule has 0 atom stereocenters. The van der Waals surface area contributed by atoms with Gasteiger partial charge in [0.25, 0.3) is 5.91 Å². The number of aromatic nitrogens is 1. The quantitative estimate of drug-likeness (QED) is 0.848. The lowest BCUT2D eigenvalue weighted by atomic mass is 10.2. The highest BCUT2D eigenvalue weighted by molar-refractivity contribution is 5.96. The maximum atomic E-state index is 11.7. The van der Waals surface area contributed by atoms with Gasteiger partial charge in [0.15, 0.2) is 0 Å². The van der Waals surface area contributed by atoms with E-state index in [0.717, 1.165) is 0 Å². The largest absolute Gasteiger partial charge is 0.478 e. The minimum absolute atomic E-state index is 0.0272. The number of rotatable bonds is 4. The number of pyridine rings is 1. The van der Waals surface area contributed by atoms with Crippen LogP contribution in [0.4, 0.5) is 0 Å². The number of aromatic carboxylic acids is 1. The van der Waals surface area contributed by atoms with Gasteiger partial charge in [-0.1, -0.05) is 0 Å². The van der Waals surface area contributed by atoms with Gasteiger partial charge in [-0.25, -0.2) is 4.79 Å². The first kappa shape index (κ1) is 11.8. The van der Waals surface area contributed by atoms with Gasteiger partial charge in [-0.2, -0.15) is 0 Å². The SMILES string of the molecule is O=C(O)c1cncc(C(=O)NCc2ccco2)c1. The summed E-state index contributed by atoms with van der Waals surface area (Å²) in [5.41, 5.74) is 0.169. The zero-order valence-electron chi connectivity index (χ0n) is 9.29. The Balaban J connectivity index is 2.04. The van der Waals surface area contributed by atoms with Gasteiger partial charge in [-0.15, -0.1) is 0 Å². The van der Waals surface area contributed by atoms with Gasteiger partial charge in [0.1, 0.15) is 5.76 Å². The van der Waals surface area contributed by atoms with Crippen molar-refractivity contribution in [3.05, 3.63) is 53.7 Å². The Morgan fingerprint density at radius 3 is 2.78 bits per heavy atom. The van der Waals surface area contributed by atoms with E-state index in [2.05, 4.69) is 10.3 Å². The molecule has 0 fully saturated rings. The molecule has 2 aromatic heterocycles. The van der Waals surface area contributed by atoms with E-state index in [-0.39, 0.29) is 17.7 Å². The smallest absolute Gasteiger partial charge is 0.337 e. The highest BCUT2D eigenvalue weighted by Crippen LogP contribution is 2.04. The molecule has 0 spiro atoms. The molecule has 0 aliphatic rings. The normalized spacial score (nSPS) is 10.0. The molecule has 0 radical (unpaired) electrons. The Hall–Kier alpha value is -2.63. The molecule has 2 N–H and O–H groups in total. The molecule has 18 heavy (non-hydrogen) atoms. The zero-order chi connectivity index (χ0) is 13.0. The Morgan fingerprint density at radius 2 is 2.11 bits per heavy atom. The van der Waals surface area contributed by atoms with Gasteiger partial charge in [-0.05, 0) is 18.2 Å². The van der Waals surface area contributed by atoms with Crippen LogP contribution < -0.4 is 5.32 Å². The number of amides is 1. The van der Waals surface area contributed by atoms with Crippen molar-refractivity contribution in [1.29, 1.82) is 0 Å². The monoisotopic (exact) mass is 246 g/mol. The van der Waals surface area contributed by atoms with Crippen LogP contribution in [0.3, 0.4) is 0 Å². The molecular weight excluding hydrogens is 236 g/mol. The summed E-state index contributed by atoms with van der Waals surface area (Å²) in [7, 11) is 0. The number of carbonyl (C=O) groups is 2. The summed E-state index contributed by atoms with van der Waals surface area (Å²) in [6.45, 7) is 0.239. The van der Waals surface area contributed by atoms with E-state index in [4.69, 9.17) is 9.52 Å². The second kappa shape index (κ2) is 5.13. The van der Waals surface area contributed by atoms with Gasteiger partial charge in [0.2, 0.25) is 0 Å². The van der Waals surface area contributed by atoms with E-state index in [1.54, 1.807) is 12.1 Å². The second-order valence-corrected chi connectivity index (χ2v) is 3.53. The van der Waals surface area contributed by atoms with E-state index < -0.39 is 11.9 Å². The number of hydrogen-bond donors (Lipinski definition) is 2. The van der Waals surface area contributed by atoms with Crippen molar-refractivity contribution in [3.63, 3.8) is 0 Å². The van der Waals surface area contributed by atoms with Crippen LogP contribution >= 0.6 is 0 Å². The number of furan rings is 1. The minimum atomic E-state index is -1.12. The number of carbonyl (C=O) groups excluding carboxylic acids is 1. The highest BCUT2D eigenvalue weighted by Gasteiger charge is 2.10. The van der Waals surface area contributed by atoms with Crippen molar-refractivity contribution in [1.82, 2.24) is 10.3 Å². The molecule has 6 heteroatoms. The lowest BCUT2D eigenvalue weighted by Crippen LogP contribution is -2.23. The van der Waals surface area contributed by atoms with E-state index >= 15 is 0 Å². The number of nitrogens with zero attached hydrogens (tertiary/aromatic N) is 1. The molecule has 2 rings (SSSR count). The van der Waals surface area contributed by atoms with E-state index in [1.165, 1.54) is 24.7 Å². The molecule has 0 bridgehead atoms. The zero-order valence-corrected chi connectivity index (χ0v) is 9.29. The molecule has 0 unspecified atom stereocenters. The van der Waals surface area contributed by atoms with Crippen molar-refractivity contribution < 1.29 is 19.1 Å². The van der Waals surface area contributed by atoms with Crippen LogP contribution in [0.5, 0.6) is 0 Å². The molecule has 0 saturated heterocycles. The van der Waals surface area contributed by atoms with Crippen molar-refractivity contribution >= 4 is 11.9 Å². The Labute approximate surface area is 102 Å². The molecule has 0 aromatic carbocycles. The third-order valence-electron chi connectivity index (χ3n) is 2.25. The van der Waals surface area contributed by atoms with Gasteiger partial charge < -0.3 is 14.8 Å². The van der Waals surface area contributed by atoms with Crippen molar-refractivity contribution in [2.75, 3.05) is 0 Å². The minimum Gasteiger partial charge on any atom is -0.478 e. The Bertz CT molecular complexity index is 563. The molecule has 6 nitrogen and oxygen atoms in total. The maximum absolute atomic E-state index is 11.7. The number of nitrogens with one attached hydrogen (secondary N) is 1. The first-order valence-corrected chi connectivity index (χ1v) is 5.16. The van der Waals surface area contributed by atoms with Crippen LogP contribution in [-0.4, -0.2) is 22.0 Å². The number of carboxylic acids is 1. The van der Waals surface area contributed by atoms with E-state index in [9.17, 15) is 9.59 Å². The second-order valence-electron chi connectivity index (χ2n) is 3.53. The Morgan fingerprint density at radius 1 is 1.33 bits per heavy atom. The molecule has 0 saturated carbocycles. The molecular formula is C12H10N2O4. The first-order chi connectivity index (χ1) is 8.66. The van der Waals surface area contributed by atoms with Crippen LogP contribution in [0.2, 0.25) is 0 Å². The van der Waals surface area contributed by atoms with E-state index in [0.29, 0.717) is 5.76 Å². The molecule has 0 aliphatic heterocycles. The van der Waals surface area contributed by atoms with Crippen LogP contribution in [-0.2, 0) is 6.54 Å². The fraction of sp³-hybridized carbons (Fsp3) is 0.0833. The van der Waals surface area contributed by atoms with Crippen molar-refractivity contribution in [2.24, 2.45) is 0 Å².